The number of rotatable bonds is 4. The van der Waals surface area contributed by atoms with Crippen LogP contribution in [0.1, 0.15) is 12.5 Å². The lowest BCUT2D eigenvalue weighted by molar-refractivity contribution is -0.122. The molecule has 3 nitrogen and oxygen atoms in total. The second kappa shape index (κ2) is 6.72. The first-order chi connectivity index (χ1) is 9.95. The van der Waals surface area contributed by atoms with E-state index in [1.165, 1.54) is 12.1 Å². The Bertz CT molecular complexity index is 643. The molecule has 21 heavy (non-hydrogen) atoms. The molecule has 2 aromatic carbocycles. The highest BCUT2D eigenvalue weighted by molar-refractivity contribution is 9.10. The summed E-state index contributed by atoms with van der Waals surface area (Å²) in [6.07, 6.45) is -0.726. The van der Waals surface area contributed by atoms with E-state index < -0.39 is 17.8 Å². The van der Waals surface area contributed by atoms with Crippen LogP contribution in [0.2, 0.25) is 0 Å². The Balaban J connectivity index is 2.00. The zero-order valence-electron chi connectivity index (χ0n) is 11.7. The Morgan fingerprint density at radius 1 is 1.24 bits per heavy atom. The molecular formula is C16H15BrFNO2. The number of carbonyl (C=O) groups is 1. The van der Waals surface area contributed by atoms with Crippen LogP contribution in [0.25, 0.3) is 0 Å². The molecule has 0 saturated heterocycles. The zero-order chi connectivity index (χ0) is 15.4. The van der Waals surface area contributed by atoms with E-state index in [1.54, 1.807) is 25.1 Å². The summed E-state index contributed by atoms with van der Waals surface area (Å²) in [7, 11) is 0. The van der Waals surface area contributed by atoms with Crippen LogP contribution in [0.5, 0.6) is 5.75 Å². The summed E-state index contributed by atoms with van der Waals surface area (Å²) in [6, 6.07) is 11.8. The van der Waals surface area contributed by atoms with E-state index >= 15 is 0 Å². The quantitative estimate of drug-likeness (QED) is 0.891. The van der Waals surface area contributed by atoms with Crippen LogP contribution < -0.4 is 10.1 Å². The number of benzene rings is 2. The van der Waals surface area contributed by atoms with Crippen LogP contribution in [0.15, 0.2) is 46.9 Å². The van der Waals surface area contributed by atoms with Gasteiger partial charge in [-0.2, -0.15) is 0 Å². The average Bonchev–Trinajstić information content (AvgIpc) is 2.44. The van der Waals surface area contributed by atoms with E-state index in [1.807, 2.05) is 19.1 Å². The van der Waals surface area contributed by atoms with Gasteiger partial charge in [-0.25, -0.2) is 4.39 Å². The first-order valence-corrected chi connectivity index (χ1v) is 7.24. The fourth-order valence-electron chi connectivity index (χ4n) is 1.70. The Labute approximate surface area is 131 Å². The molecule has 5 heteroatoms. The third-order valence-electron chi connectivity index (χ3n) is 2.89. The topological polar surface area (TPSA) is 38.3 Å². The van der Waals surface area contributed by atoms with Crippen LogP contribution >= 0.6 is 15.9 Å². The third-order valence-corrected chi connectivity index (χ3v) is 3.39. The lowest BCUT2D eigenvalue weighted by Gasteiger charge is -2.15. The fourth-order valence-corrected chi connectivity index (χ4v) is 2.03. The molecule has 0 unspecified atom stereocenters. The minimum atomic E-state index is -0.726. The number of nitrogens with one attached hydrogen (secondary N) is 1. The summed E-state index contributed by atoms with van der Waals surface area (Å²) in [6.45, 7) is 3.59. The molecule has 2 aromatic rings. The predicted molar refractivity (Wildman–Crippen MR) is 84.0 cm³/mol. The van der Waals surface area contributed by atoms with Gasteiger partial charge in [0.1, 0.15) is 11.6 Å². The molecule has 0 heterocycles. The lowest BCUT2D eigenvalue weighted by Crippen LogP contribution is -2.30. The maximum Gasteiger partial charge on any atom is 0.265 e. The molecule has 1 N–H and O–H groups in total. The summed E-state index contributed by atoms with van der Waals surface area (Å²) in [5.41, 5.74) is 1.24. The van der Waals surface area contributed by atoms with Gasteiger partial charge in [0.05, 0.1) is 5.69 Å². The Kier molecular flexibility index (Phi) is 4.96. The van der Waals surface area contributed by atoms with Crippen LogP contribution in [0.4, 0.5) is 10.1 Å². The maximum atomic E-state index is 13.7. The van der Waals surface area contributed by atoms with Crippen LogP contribution in [0.3, 0.4) is 0 Å². The summed E-state index contributed by atoms with van der Waals surface area (Å²) in [5, 5.41) is 2.51. The molecule has 0 aliphatic carbocycles. The smallest absolute Gasteiger partial charge is 0.265 e. The van der Waals surface area contributed by atoms with Gasteiger partial charge >= 0.3 is 0 Å². The van der Waals surface area contributed by atoms with Gasteiger partial charge in [-0.3, -0.25) is 4.79 Å². The molecule has 0 fully saturated rings. The van der Waals surface area contributed by atoms with Gasteiger partial charge in [-0.05, 0) is 44.2 Å². The summed E-state index contributed by atoms with van der Waals surface area (Å²) in [4.78, 5) is 12.0. The highest BCUT2D eigenvalue weighted by Gasteiger charge is 2.16. The van der Waals surface area contributed by atoms with Gasteiger partial charge in [0, 0.05) is 4.47 Å². The van der Waals surface area contributed by atoms with Crippen molar-refractivity contribution in [2.45, 2.75) is 20.0 Å². The minimum absolute atomic E-state index is 0.127. The Hall–Kier alpha value is -1.88. The van der Waals surface area contributed by atoms with E-state index in [0.717, 1.165) is 5.56 Å². The highest BCUT2D eigenvalue weighted by Crippen LogP contribution is 2.20. The molecule has 1 atom stereocenters. The van der Waals surface area contributed by atoms with E-state index in [-0.39, 0.29) is 5.69 Å². The van der Waals surface area contributed by atoms with Crippen molar-refractivity contribution in [1.82, 2.24) is 0 Å². The van der Waals surface area contributed by atoms with Crippen molar-refractivity contribution in [3.8, 4) is 5.75 Å². The first-order valence-electron chi connectivity index (χ1n) is 6.45. The number of anilines is 1. The Morgan fingerprint density at radius 3 is 2.52 bits per heavy atom. The normalized spacial score (nSPS) is 11.8. The third kappa shape index (κ3) is 4.29. The van der Waals surface area contributed by atoms with Crippen molar-refractivity contribution in [1.29, 1.82) is 0 Å². The van der Waals surface area contributed by atoms with Crippen molar-refractivity contribution in [3.05, 3.63) is 58.3 Å². The predicted octanol–water partition coefficient (Wildman–Crippen LogP) is 4.30. The van der Waals surface area contributed by atoms with Gasteiger partial charge in [0.2, 0.25) is 0 Å². The average molecular weight is 352 g/mol. The molecule has 0 aliphatic rings. The monoisotopic (exact) mass is 351 g/mol. The number of carbonyl (C=O) groups excluding carboxylic acids is 1. The van der Waals surface area contributed by atoms with Crippen molar-refractivity contribution in [2.24, 2.45) is 0 Å². The molecule has 110 valence electrons. The number of halogens is 2. The number of hydrogen-bond acceptors (Lipinski definition) is 2. The largest absolute Gasteiger partial charge is 0.481 e. The number of ether oxygens (including phenoxy) is 1. The molecule has 1 amide bonds. The van der Waals surface area contributed by atoms with Gasteiger partial charge in [0.15, 0.2) is 6.10 Å². The molecule has 0 bridgehead atoms. The fraction of sp³-hybridized carbons (Fsp3) is 0.188. The van der Waals surface area contributed by atoms with E-state index in [4.69, 9.17) is 4.74 Å². The van der Waals surface area contributed by atoms with E-state index in [2.05, 4.69) is 21.2 Å². The van der Waals surface area contributed by atoms with Crippen LogP contribution in [0, 0.1) is 12.7 Å². The molecular weight excluding hydrogens is 337 g/mol. The highest BCUT2D eigenvalue weighted by atomic mass is 79.9. The number of aryl methyl sites for hydroxylation is 1. The second-order valence-electron chi connectivity index (χ2n) is 4.69. The van der Waals surface area contributed by atoms with Crippen molar-refractivity contribution in [2.75, 3.05) is 5.32 Å². The van der Waals surface area contributed by atoms with Crippen LogP contribution in [-0.2, 0) is 4.79 Å². The molecule has 0 aromatic heterocycles. The first kappa shape index (κ1) is 15.5. The standard InChI is InChI=1S/C16H15BrFNO2/c1-10-3-6-13(7-4-10)21-11(2)16(20)19-15-8-5-12(17)9-14(15)18/h3-9,11H,1-2H3,(H,19,20)/t11-/m1/s1. The molecule has 0 spiro atoms. The molecule has 0 saturated carbocycles. The summed E-state index contributed by atoms with van der Waals surface area (Å²) in [5.74, 6) is -0.309. The SMILES string of the molecule is Cc1ccc(O[C@H](C)C(=O)Nc2ccc(Br)cc2F)cc1. The number of amides is 1. The van der Waals surface area contributed by atoms with E-state index in [9.17, 15) is 9.18 Å². The van der Waals surface area contributed by atoms with Gasteiger partial charge in [0.25, 0.3) is 5.91 Å². The summed E-state index contributed by atoms with van der Waals surface area (Å²) >= 11 is 3.16. The minimum Gasteiger partial charge on any atom is -0.481 e. The van der Waals surface area contributed by atoms with Crippen molar-refractivity contribution >= 4 is 27.5 Å². The number of hydrogen-bond donors (Lipinski definition) is 1. The summed E-state index contributed by atoms with van der Waals surface area (Å²) < 4.78 is 19.8. The van der Waals surface area contributed by atoms with Gasteiger partial charge in [-0.1, -0.05) is 33.6 Å². The van der Waals surface area contributed by atoms with Crippen LogP contribution in [-0.4, -0.2) is 12.0 Å². The lowest BCUT2D eigenvalue weighted by atomic mass is 10.2. The molecule has 0 radical (unpaired) electrons. The maximum absolute atomic E-state index is 13.7. The van der Waals surface area contributed by atoms with Crippen molar-refractivity contribution < 1.29 is 13.9 Å². The van der Waals surface area contributed by atoms with Gasteiger partial charge in [-0.15, -0.1) is 0 Å². The molecule has 2 rings (SSSR count). The second-order valence-corrected chi connectivity index (χ2v) is 5.60. The van der Waals surface area contributed by atoms with E-state index in [0.29, 0.717) is 10.2 Å². The Morgan fingerprint density at radius 2 is 1.90 bits per heavy atom. The van der Waals surface area contributed by atoms with Crippen molar-refractivity contribution in [3.63, 3.8) is 0 Å². The van der Waals surface area contributed by atoms with Gasteiger partial charge < -0.3 is 10.1 Å². The molecule has 0 aliphatic heterocycles. The zero-order valence-corrected chi connectivity index (χ0v) is 13.3.